The average molecular weight is 263 g/mol. The molecule has 0 radical (unpaired) electrons. The number of nitrogens with one attached hydrogen (secondary N) is 1. The second-order valence-electron chi connectivity index (χ2n) is 3.83. The largest absolute Gasteiger partial charge is 0.398 e. The van der Waals surface area contributed by atoms with E-state index < -0.39 is 4.92 Å². The van der Waals surface area contributed by atoms with E-state index in [1.54, 1.807) is 23.5 Å². The second kappa shape index (κ2) is 5.61. The Morgan fingerprint density at radius 3 is 2.50 bits per heavy atom. The fourth-order valence-corrected chi connectivity index (χ4v) is 2.32. The maximum absolute atomic E-state index is 10.5. The van der Waals surface area contributed by atoms with Crippen LogP contribution in [0.2, 0.25) is 0 Å². The zero-order chi connectivity index (χ0) is 13.0. The molecule has 6 heteroatoms. The van der Waals surface area contributed by atoms with E-state index in [4.69, 9.17) is 5.73 Å². The van der Waals surface area contributed by atoms with Crippen molar-refractivity contribution in [2.24, 2.45) is 0 Å². The topological polar surface area (TPSA) is 81.2 Å². The lowest BCUT2D eigenvalue weighted by molar-refractivity contribution is -0.384. The summed E-state index contributed by atoms with van der Waals surface area (Å²) < 4.78 is 0. The smallest absolute Gasteiger partial charge is 0.269 e. The molecular formula is C12H13N3O2S. The molecule has 3 N–H and O–H groups in total. The van der Waals surface area contributed by atoms with Crippen LogP contribution in [0.3, 0.4) is 0 Å². The van der Waals surface area contributed by atoms with Crippen LogP contribution in [0, 0.1) is 10.1 Å². The lowest BCUT2D eigenvalue weighted by atomic mass is 10.2. The Bertz CT molecular complexity index is 537. The van der Waals surface area contributed by atoms with Gasteiger partial charge in [0.1, 0.15) is 0 Å². The Kier molecular flexibility index (Phi) is 3.91. The Morgan fingerprint density at radius 2 is 1.94 bits per heavy atom. The molecule has 0 atom stereocenters. The third-order valence-electron chi connectivity index (χ3n) is 2.54. The summed E-state index contributed by atoms with van der Waals surface area (Å²) in [7, 11) is 0. The van der Waals surface area contributed by atoms with Crippen molar-refractivity contribution < 1.29 is 4.92 Å². The van der Waals surface area contributed by atoms with E-state index in [1.807, 2.05) is 11.4 Å². The minimum absolute atomic E-state index is 0.112. The van der Waals surface area contributed by atoms with Gasteiger partial charge in [0.05, 0.1) is 4.92 Å². The number of hydrogen-bond acceptors (Lipinski definition) is 5. The molecule has 5 nitrogen and oxygen atoms in total. The lowest BCUT2D eigenvalue weighted by Gasteiger charge is -2.04. The van der Waals surface area contributed by atoms with E-state index in [-0.39, 0.29) is 5.69 Å². The van der Waals surface area contributed by atoms with Gasteiger partial charge < -0.3 is 11.1 Å². The van der Waals surface area contributed by atoms with Crippen molar-refractivity contribution in [3.63, 3.8) is 0 Å². The second-order valence-corrected chi connectivity index (χ2v) is 4.83. The van der Waals surface area contributed by atoms with E-state index in [0.717, 1.165) is 16.1 Å². The van der Waals surface area contributed by atoms with Crippen molar-refractivity contribution in [3.8, 4) is 0 Å². The molecule has 0 unspecified atom stereocenters. The number of hydrogen-bond donors (Lipinski definition) is 2. The van der Waals surface area contributed by atoms with E-state index >= 15 is 0 Å². The highest BCUT2D eigenvalue weighted by Gasteiger charge is 2.04. The van der Waals surface area contributed by atoms with Crippen LogP contribution in [0.15, 0.2) is 35.7 Å². The molecule has 0 saturated heterocycles. The molecule has 0 aliphatic carbocycles. The number of nitro groups is 1. The summed E-state index contributed by atoms with van der Waals surface area (Å²) in [4.78, 5) is 11.2. The maximum Gasteiger partial charge on any atom is 0.269 e. The van der Waals surface area contributed by atoms with Crippen molar-refractivity contribution in [1.29, 1.82) is 0 Å². The van der Waals surface area contributed by atoms with Gasteiger partial charge in [-0.3, -0.25) is 10.1 Å². The van der Waals surface area contributed by atoms with Crippen molar-refractivity contribution in [2.75, 3.05) is 5.73 Å². The summed E-state index contributed by atoms with van der Waals surface area (Å²) in [6, 6.07) is 8.41. The van der Waals surface area contributed by atoms with E-state index in [9.17, 15) is 10.1 Å². The van der Waals surface area contributed by atoms with Crippen LogP contribution in [0.4, 0.5) is 11.4 Å². The Labute approximate surface area is 108 Å². The van der Waals surface area contributed by atoms with Crippen LogP contribution in [0.25, 0.3) is 0 Å². The number of nitro benzene ring substituents is 1. The molecule has 18 heavy (non-hydrogen) atoms. The van der Waals surface area contributed by atoms with Gasteiger partial charge in [-0.05, 0) is 17.0 Å². The highest BCUT2D eigenvalue weighted by molar-refractivity contribution is 7.10. The number of nitrogens with zero attached hydrogens (tertiary/aromatic N) is 1. The van der Waals surface area contributed by atoms with Crippen molar-refractivity contribution in [3.05, 3.63) is 56.3 Å². The summed E-state index contributed by atoms with van der Waals surface area (Å²) in [6.07, 6.45) is 0. The molecule has 0 aliphatic rings. The summed E-state index contributed by atoms with van der Waals surface area (Å²) in [5, 5.41) is 15.7. The number of nitrogen functional groups attached to an aromatic ring is 1. The first-order valence-electron chi connectivity index (χ1n) is 5.42. The highest BCUT2D eigenvalue weighted by Crippen LogP contribution is 2.18. The molecule has 2 aromatic rings. The van der Waals surface area contributed by atoms with Crippen LogP contribution in [0.5, 0.6) is 0 Å². The number of anilines is 1. The van der Waals surface area contributed by atoms with Gasteiger partial charge in [0, 0.05) is 35.8 Å². The number of non-ortho nitro benzene ring substituents is 1. The van der Waals surface area contributed by atoms with Crippen LogP contribution in [-0.4, -0.2) is 4.92 Å². The van der Waals surface area contributed by atoms with Gasteiger partial charge in [0.15, 0.2) is 0 Å². The van der Waals surface area contributed by atoms with Gasteiger partial charge in [-0.25, -0.2) is 0 Å². The molecule has 1 heterocycles. The van der Waals surface area contributed by atoms with Crippen molar-refractivity contribution in [2.45, 2.75) is 13.1 Å². The first kappa shape index (κ1) is 12.5. The predicted octanol–water partition coefficient (Wildman–Crippen LogP) is 2.53. The number of rotatable bonds is 5. The first-order chi connectivity index (χ1) is 8.66. The van der Waals surface area contributed by atoms with Crippen LogP contribution >= 0.6 is 11.3 Å². The number of benzene rings is 1. The zero-order valence-corrected chi connectivity index (χ0v) is 10.4. The Morgan fingerprint density at radius 1 is 1.22 bits per heavy atom. The molecule has 0 fully saturated rings. The summed E-state index contributed by atoms with van der Waals surface area (Å²) >= 11 is 1.61. The van der Waals surface area contributed by atoms with Crippen LogP contribution < -0.4 is 11.1 Å². The molecule has 94 valence electrons. The molecule has 0 bridgehead atoms. The van der Waals surface area contributed by atoms with Gasteiger partial charge in [0.2, 0.25) is 0 Å². The molecule has 1 aromatic carbocycles. The molecule has 1 aromatic heterocycles. The first-order valence-corrected chi connectivity index (χ1v) is 6.30. The standard InChI is InChI=1S/C12H13N3O2S/c13-11-5-6-18-12(11)8-14-7-9-1-3-10(4-2-9)15(16)17/h1-6,14H,7-8,13H2. The highest BCUT2D eigenvalue weighted by atomic mass is 32.1. The molecule has 2 rings (SSSR count). The fraction of sp³-hybridized carbons (Fsp3) is 0.167. The normalized spacial score (nSPS) is 10.4. The minimum Gasteiger partial charge on any atom is -0.398 e. The molecular weight excluding hydrogens is 250 g/mol. The van der Waals surface area contributed by atoms with E-state index in [2.05, 4.69) is 5.32 Å². The molecule has 0 saturated carbocycles. The van der Waals surface area contributed by atoms with Crippen molar-refractivity contribution >= 4 is 22.7 Å². The Hall–Kier alpha value is -1.92. The third kappa shape index (κ3) is 3.06. The lowest BCUT2D eigenvalue weighted by Crippen LogP contribution is -2.12. The quantitative estimate of drug-likeness (QED) is 0.641. The zero-order valence-electron chi connectivity index (χ0n) is 9.63. The summed E-state index contributed by atoms with van der Waals surface area (Å²) in [5.41, 5.74) is 7.69. The van der Waals surface area contributed by atoms with E-state index in [1.165, 1.54) is 12.1 Å². The SMILES string of the molecule is Nc1ccsc1CNCc1ccc([N+](=O)[O-])cc1. The number of thiophene rings is 1. The molecule has 0 spiro atoms. The summed E-state index contributed by atoms with van der Waals surface area (Å²) in [5.74, 6) is 0. The van der Waals surface area contributed by atoms with Crippen LogP contribution in [-0.2, 0) is 13.1 Å². The Balaban J connectivity index is 1.87. The van der Waals surface area contributed by atoms with Crippen LogP contribution in [0.1, 0.15) is 10.4 Å². The van der Waals surface area contributed by atoms with E-state index in [0.29, 0.717) is 13.1 Å². The number of nitrogens with two attached hydrogens (primary N) is 1. The molecule has 0 aliphatic heterocycles. The van der Waals surface area contributed by atoms with Gasteiger partial charge in [-0.15, -0.1) is 11.3 Å². The van der Waals surface area contributed by atoms with Gasteiger partial charge in [-0.1, -0.05) is 12.1 Å². The third-order valence-corrected chi connectivity index (χ3v) is 3.48. The minimum atomic E-state index is -0.399. The maximum atomic E-state index is 10.5. The predicted molar refractivity (Wildman–Crippen MR) is 72.4 cm³/mol. The molecule has 0 amide bonds. The van der Waals surface area contributed by atoms with Crippen molar-refractivity contribution in [1.82, 2.24) is 5.32 Å². The monoisotopic (exact) mass is 263 g/mol. The average Bonchev–Trinajstić information content (AvgIpc) is 2.76. The van der Waals surface area contributed by atoms with Gasteiger partial charge in [-0.2, -0.15) is 0 Å². The van der Waals surface area contributed by atoms with Gasteiger partial charge in [0.25, 0.3) is 5.69 Å². The van der Waals surface area contributed by atoms with Gasteiger partial charge >= 0.3 is 0 Å². The fourth-order valence-electron chi connectivity index (χ4n) is 1.55. The summed E-state index contributed by atoms with van der Waals surface area (Å²) in [6.45, 7) is 1.37.